The maximum absolute atomic E-state index is 12.7. The molecule has 1 aromatic carbocycles. The molecule has 0 fully saturated rings. The molecular weight excluding hydrogens is 188 g/mol. The smallest absolute Gasteiger partial charge is 0.159 e. The van der Waals surface area contributed by atoms with Crippen LogP contribution in [0.2, 0.25) is 0 Å². The first-order chi connectivity index (χ1) is 6.63. The molecule has 0 aromatic heterocycles. The third-order valence-electron chi connectivity index (χ3n) is 1.96. The van der Waals surface area contributed by atoms with Gasteiger partial charge in [0.25, 0.3) is 0 Å². The standard InChI is InChI=1S/C10H13F2NO/c11-9-2-1-7(6-10(9)12)5-8(14)3-4-13/h1-2,6,8,14H,3-5,13H2. The highest BCUT2D eigenvalue weighted by molar-refractivity contribution is 5.18. The maximum atomic E-state index is 12.7. The van der Waals surface area contributed by atoms with E-state index in [9.17, 15) is 13.9 Å². The Morgan fingerprint density at radius 1 is 1.29 bits per heavy atom. The van der Waals surface area contributed by atoms with Gasteiger partial charge in [0.2, 0.25) is 0 Å². The Bertz CT molecular complexity index is 304. The number of halogens is 2. The topological polar surface area (TPSA) is 46.2 Å². The van der Waals surface area contributed by atoms with Gasteiger partial charge in [0.15, 0.2) is 11.6 Å². The molecule has 0 heterocycles. The summed E-state index contributed by atoms with van der Waals surface area (Å²) in [7, 11) is 0. The third kappa shape index (κ3) is 3.05. The van der Waals surface area contributed by atoms with Crippen molar-refractivity contribution in [2.45, 2.75) is 18.9 Å². The average Bonchev–Trinajstić information content (AvgIpc) is 2.12. The first-order valence-electron chi connectivity index (χ1n) is 4.45. The summed E-state index contributed by atoms with van der Waals surface area (Å²) in [5.74, 6) is -1.76. The molecule has 1 unspecified atom stereocenters. The van der Waals surface area contributed by atoms with Gasteiger partial charge in [0.1, 0.15) is 0 Å². The predicted molar refractivity (Wildman–Crippen MR) is 49.7 cm³/mol. The quantitative estimate of drug-likeness (QED) is 0.769. The van der Waals surface area contributed by atoms with E-state index >= 15 is 0 Å². The third-order valence-corrected chi connectivity index (χ3v) is 1.96. The first kappa shape index (κ1) is 11.1. The van der Waals surface area contributed by atoms with Crippen LogP contribution in [0.25, 0.3) is 0 Å². The van der Waals surface area contributed by atoms with Crippen LogP contribution in [-0.2, 0) is 6.42 Å². The second kappa shape index (κ2) is 5.02. The number of hydrogen-bond acceptors (Lipinski definition) is 2. The highest BCUT2D eigenvalue weighted by Crippen LogP contribution is 2.11. The van der Waals surface area contributed by atoms with E-state index in [0.29, 0.717) is 24.9 Å². The minimum Gasteiger partial charge on any atom is -0.393 e. The summed E-state index contributed by atoms with van der Waals surface area (Å²) in [6.07, 6.45) is 0.165. The molecule has 1 rings (SSSR count). The van der Waals surface area contributed by atoms with Gasteiger partial charge < -0.3 is 10.8 Å². The van der Waals surface area contributed by atoms with Crippen LogP contribution in [0.4, 0.5) is 8.78 Å². The highest BCUT2D eigenvalue weighted by Gasteiger charge is 2.07. The van der Waals surface area contributed by atoms with Gasteiger partial charge in [-0.05, 0) is 37.1 Å². The molecule has 0 saturated heterocycles. The number of nitrogens with two attached hydrogens (primary N) is 1. The lowest BCUT2D eigenvalue weighted by Gasteiger charge is -2.08. The van der Waals surface area contributed by atoms with Crippen LogP contribution in [0, 0.1) is 11.6 Å². The summed E-state index contributed by atoms with van der Waals surface area (Å²) in [6, 6.07) is 3.60. The van der Waals surface area contributed by atoms with Crippen molar-refractivity contribution in [3.63, 3.8) is 0 Å². The molecule has 0 aliphatic rings. The van der Waals surface area contributed by atoms with Crippen molar-refractivity contribution in [2.75, 3.05) is 6.54 Å². The zero-order valence-corrected chi connectivity index (χ0v) is 7.71. The Hall–Kier alpha value is -1.00. The lowest BCUT2D eigenvalue weighted by Crippen LogP contribution is -2.16. The summed E-state index contributed by atoms with van der Waals surface area (Å²) in [5.41, 5.74) is 5.82. The van der Waals surface area contributed by atoms with Crippen molar-refractivity contribution in [1.82, 2.24) is 0 Å². The Morgan fingerprint density at radius 3 is 2.57 bits per heavy atom. The van der Waals surface area contributed by atoms with Crippen molar-refractivity contribution in [2.24, 2.45) is 5.73 Å². The zero-order chi connectivity index (χ0) is 10.6. The fraction of sp³-hybridized carbons (Fsp3) is 0.400. The van der Waals surface area contributed by atoms with Crippen LogP contribution in [-0.4, -0.2) is 17.8 Å². The zero-order valence-electron chi connectivity index (χ0n) is 7.71. The fourth-order valence-electron chi connectivity index (χ4n) is 1.23. The molecule has 0 bridgehead atoms. The highest BCUT2D eigenvalue weighted by atomic mass is 19.2. The van der Waals surface area contributed by atoms with Crippen LogP contribution in [0.15, 0.2) is 18.2 Å². The Labute approximate surface area is 81.4 Å². The summed E-state index contributed by atoms with van der Waals surface area (Å²) in [6.45, 7) is 0.380. The Morgan fingerprint density at radius 2 is 2.00 bits per heavy atom. The molecule has 0 aliphatic heterocycles. The first-order valence-corrected chi connectivity index (χ1v) is 4.45. The van der Waals surface area contributed by atoms with E-state index in [1.54, 1.807) is 0 Å². The van der Waals surface area contributed by atoms with Crippen molar-refractivity contribution < 1.29 is 13.9 Å². The molecule has 1 aromatic rings. The maximum Gasteiger partial charge on any atom is 0.159 e. The van der Waals surface area contributed by atoms with Gasteiger partial charge in [-0.25, -0.2) is 8.78 Å². The molecule has 14 heavy (non-hydrogen) atoms. The average molecular weight is 201 g/mol. The van der Waals surface area contributed by atoms with Crippen LogP contribution >= 0.6 is 0 Å². The van der Waals surface area contributed by atoms with Gasteiger partial charge >= 0.3 is 0 Å². The molecule has 0 amide bonds. The van der Waals surface area contributed by atoms with E-state index in [2.05, 4.69) is 0 Å². The lowest BCUT2D eigenvalue weighted by atomic mass is 10.1. The monoisotopic (exact) mass is 201 g/mol. The fourth-order valence-corrected chi connectivity index (χ4v) is 1.23. The molecule has 3 N–H and O–H groups in total. The number of aliphatic hydroxyl groups excluding tert-OH is 1. The van der Waals surface area contributed by atoms with Gasteiger partial charge in [-0.2, -0.15) is 0 Å². The van der Waals surface area contributed by atoms with E-state index in [4.69, 9.17) is 5.73 Å². The second-order valence-electron chi connectivity index (χ2n) is 3.18. The van der Waals surface area contributed by atoms with Crippen molar-refractivity contribution in [1.29, 1.82) is 0 Å². The molecule has 0 radical (unpaired) electrons. The minimum absolute atomic E-state index is 0.300. The predicted octanol–water partition coefficient (Wildman–Crippen LogP) is 1.22. The summed E-state index contributed by atoms with van der Waals surface area (Å²) in [5, 5.41) is 9.37. The van der Waals surface area contributed by atoms with E-state index in [1.807, 2.05) is 0 Å². The van der Waals surface area contributed by atoms with Crippen molar-refractivity contribution in [3.8, 4) is 0 Å². The number of rotatable bonds is 4. The van der Waals surface area contributed by atoms with Gasteiger partial charge in [-0.3, -0.25) is 0 Å². The normalized spacial score (nSPS) is 12.9. The van der Waals surface area contributed by atoms with Crippen molar-refractivity contribution >= 4 is 0 Å². The second-order valence-corrected chi connectivity index (χ2v) is 3.18. The molecule has 2 nitrogen and oxygen atoms in total. The van der Waals surface area contributed by atoms with Gasteiger partial charge in [-0.15, -0.1) is 0 Å². The minimum atomic E-state index is -0.887. The van der Waals surface area contributed by atoms with Crippen LogP contribution in [0.5, 0.6) is 0 Å². The SMILES string of the molecule is NCCC(O)Cc1ccc(F)c(F)c1. The van der Waals surface area contributed by atoms with Gasteiger partial charge in [0, 0.05) is 0 Å². The molecule has 0 saturated carbocycles. The molecule has 0 spiro atoms. The Balaban J connectivity index is 2.63. The molecule has 4 heteroatoms. The van der Waals surface area contributed by atoms with Crippen LogP contribution in [0.1, 0.15) is 12.0 Å². The van der Waals surface area contributed by atoms with E-state index in [1.165, 1.54) is 6.07 Å². The summed E-state index contributed by atoms with van der Waals surface area (Å²) in [4.78, 5) is 0. The molecule has 0 aliphatic carbocycles. The van der Waals surface area contributed by atoms with Crippen LogP contribution in [0.3, 0.4) is 0 Å². The number of benzene rings is 1. The van der Waals surface area contributed by atoms with Crippen LogP contribution < -0.4 is 5.73 Å². The van der Waals surface area contributed by atoms with Gasteiger partial charge in [-0.1, -0.05) is 6.07 Å². The molecule has 1 atom stereocenters. The summed E-state index contributed by atoms with van der Waals surface area (Å²) < 4.78 is 25.3. The largest absolute Gasteiger partial charge is 0.393 e. The van der Waals surface area contributed by atoms with E-state index in [0.717, 1.165) is 12.1 Å². The summed E-state index contributed by atoms with van der Waals surface area (Å²) >= 11 is 0. The molecule has 78 valence electrons. The van der Waals surface area contributed by atoms with E-state index in [-0.39, 0.29) is 0 Å². The number of hydrogen-bond donors (Lipinski definition) is 2. The number of aliphatic hydroxyl groups is 1. The lowest BCUT2D eigenvalue weighted by molar-refractivity contribution is 0.167. The van der Waals surface area contributed by atoms with Gasteiger partial charge in [0.05, 0.1) is 6.10 Å². The molecular formula is C10H13F2NO. The van der Waals surface area contributed by atoms with E-state index < -0.39 is 17.7 Å². The Kier molecular flexibility index (Phi) is 3.98. The van der Waals surface area contributed by atoms with Crippen molar-refractivity contribution in [3.05, 3.63) is 35.4 Å².